The Hall–Kier alpha value is -4.37. The first-order valence-electron chi connectivity index (χ1n) is 10.0. The molecule has 0 saturated heterocycles. The van der Waals surface area contributed by atoms with Gasteiger partial charge in [0.2, 0.25) is 0 Å². The summed E-state index contributed by atoms with van der Waals surface area (Å²) < 4.78 is 35.3. The zero-order valence-electron chi connectivity index (χ0n) is 17.5. The molecule has 4 rings (SSSR count). The largest absolute Gasteiger partial charge is 0.332 e. The average molecular weight is 476 g/mol. The van der Waals surface area contributed by atoms with Crippen molar-refractivity contribution in [2.24, 2.45) is 0 Å². The van der Waals surface area contributed by atoms with Crippen LogP contribution in [0.3, 0.4) is 0 Å². The Morgan fingerprint density at radius 1 is 0.882 bits per heavy atom. The van der Waals surface area contributed by atoms with Crippen molar-refractivity contribution in [3.05, 3.63) is 112 Å². The van der Waals surface area contributed by atoms with Crippen molar-refractivity contribution in [2.45, 2.75) is 4.90 Å². The van der Waals surface area contributed by atoms with Gasteiger partial charge < -0.3 is 5.32 Å². The first-order valence-corrected chi connectivity index (χ1v) is 11.4. The van der Waals surface area contributed by atoms with Crippen molar-refractivity contribution in [2.75, 3.05) is 5.32 Å². The van der Waals surface area contributed by atoms with Crippen LogP contribution >= 0.6 is 0 Å². The molecule has 7 nitrogen and oxygen atoms in total. The summed E-state index contributed by atoms with van der Waals surface area (Å²) in [7, 11) is -4.85. The third-order valence-electron chi connectivity index (χ3n) is 5.13. The number of nitro benzene ring substituents is 1. The van der Waals surface area contributed by atoms with E-state index in [0.29, 0.717) is 11.1 Å². The third-order valence-corrected chi connectivity index (χ3v) is 5.97. The molecule has 4 aromatic rings. The lowest BCUT2D eigenvalue weighted by Crippen LogP contribution is -2.14. The lowest BCUT2D eigenvalue weighted by molar-refractivity contribution is -0.384. The minimum Gasteiger partial charge on any atom is -0.322 e. The van der Waals surface area contributed by atoms with Crippen LogP contribution in [0.5, 0.6) is 0 Å². The molecular formula is C25H17FN2O5S. The lowest BCUT2D eigenvalue weighted by atomic mass is 9.96. The number of carbonyl (C=O) groups is 1. The first kappa shape index (κ1) is 22.8. The molecule has 0 aromatic heterocycles. The van der Waals surface area contributed by atoms with Gasteiger partial charge in [-0.1, -0.05) is 42.5 Å². The van der Waals surface area contributed by atoms with Gasteiger partial charge >= 0.3 is 10.2 Å². The van der Waals surface area contributed by atoms with Crippen molar-refractivity contribution in [1.82, 2.24) is 0 Å². The standard InChI is InChI=1S/C25H17FN2O5S/c26-34(32,33)21-14-10-19(11-15-21)27-25(29)24(16-17-8-12-20(13-9-17)28(30)31)23-7-3-5-18-4-1-2-6-22(18)23/h1-16H,(H,27,29). The Balaban J connectivity index is 1.77. The van der Waals surface area contributed by atoms with E-state index >= 15 is 0 Å². The second kappa shape index (κ2) is 9.24. The minimum atomic E-state index is -4.85. The second-order valence-electron chi connectivity index (χ2n) is 7.35. The summed E-state index contributed by atoms with van der Waals surface area (Å²) in [5, 5.41) is 15.4. The number of halogens is 1. The van der Waals surface area contributed by atoms with Crippen LogP contribution in [0, 0.1) is 10.1 Å². The van der Waals surface area contributed by atoms with Crippen LogP contribution in [0.2, 0.25) is 0 Å². The van der Waals surface area contributed by atoms with Gasteiger partial charge in [-0.05, 0) is 64.4 Å². The Labute approximate surface area is 194 Å². The number of carbonyl (C=O) groups excluding carboxylic acids is 1. The molecule has 0 heterocycles. The number of amides is 1. The van der Waals surface area contributed by atoms with Gasteiger partial charge in [-0.3, -0.25) is 14.9 Å². The highest BCUT2D eigenvalue weighted by Crippen LogP contribution is 2.29. The van der Waals surface area contributed by atoms with E-state index in [-0.39, 0.29) is 16.9 Å². The molecule has 0 aliphatic rings. The van der Waals surface area contributed by atoms with E-state index in [9.17, 15) is 27.2 Å². The highest BCUT2D eigenvalue weighted by atomic mass is 32.3. The molecule has 0 aliphatic carbocycles. The summed E-state index contributed by atoms with van der Waals surface area (Å²) in [5.74, 6) is -0.495. The number of hydrogen-bond donors (Lipinski definition) is 1. The lowest BCUT2D eigenvalue weighted by Gasteiger charge is -2.13. The molecule has 0 spiro atoms. The Kier molecular flexibility index (Phi) is 6.20. The van der Waals surface area contributed by atoms with Gasteiger partial charge in [-0.25, -0.2) is 0 Å². The van der Waals surface area contributed by atoms with Crippen LogP contribution in [0.15, 0.2) is 95.9 Å². The van der Waals surface area contributed by atoms with Gasteiger partial charge in [0.1, 0.15) is 0 Å². The van der Waals surface area contributed by atoms with Crippen LogP contribution in [0.4, 0.5) is 15.3 Å². The maximum atomic E-state index is 13.3. The van der Waals surface area contributed by atoms with Crippen LogP contribution in [0.25, 0.3) is 22.4 Å². The molecule has 1 N–H and O–H groups in total. The maximum absolute atomic E-state index is 13.3. The molecule has 0 unspecified atom stereocenters. The molecule has 0 fully saturated rings. The fraction of sp³-hybridized carbons (Fsp3) is 0. The normalized spacial score (nSPS) is 11.9. The number of nitrogens with zero attached hydrogens (tertiary/aromatic N) is 1. The monoisotopic (exact) mass is 476 g/mol. The summed E-state index contributed by atoms with van der Waals surface area (Å²) in [6.07, 6.45) is 1.61. The van der Waals surface area contributed by atoms with Crippen molar-refractivity contribution in [3.8, 4) is 0 Å². The van der Waals surface area contributed by atoms with Crippen LogP contribution in [0.1, 0.15) is 11.1 Å². The second-order valence-corrected chi connectivity index (χ2v) is 8.70. The van der Waals surface area contributed by atoms with Crippen molar-refractivity contribution >= 4 is 49.9 Å². The van der Waals surface area contributed by atoms with Crippen LogP contribution in [-0.2, 0) is 15.0 Å². The van der Waals surface area contributed by atoms with Gasteiger partial charge in [-0.2, -0.15) is 8.42 Å². The van der Waals surface area contributed by atoms with Crippen molar-refractivity contribution in [1.29, 1.82) is 0 Å². The number of hydrogen-bond acceptors (Lipinski definition) is 5. The smallest absolute Gasteiger partial charge is 0.322 e. The van der Waals surface area contributed by atoms with E-state index in [1.807, 2.05) is 36.4 Å². The van der Waals surface area contributed by atoms with Gasteiger partial charge in [0.05, 0.1) is 9.82 Å². The number of non-ortho nitro benzene ring substituents is 1. The van der Waals surface area contributed by atoms with E-state index in [4.69, 9.17) is 0 Å². The highest BCUT2D eigenvalue weighted by molar-refractivity contribution is 7.86. The Morgan fingerprint density at radius 3 is 2.18 bits per heavy atom. The number of anilines is 1. The van der Waals surface area contributed by atoms with Crippen LogP contribution < -0.4 is 5.32 Å². The summed E-state index contributed by atoms with van der Waals surface area (Å²) in [4.78, 5) is 23.3. The van der Waals surface area contributed by atoms with Crippen molar-refractivity contribution in [3.63, 3.8) is 0 Å². The van der Waals surface area contributed by atoms with E-state index < -0.39 is 25.9 Å². The van der Waals surface area contributed by atoms with Gasteiger partial charge in [0.25, 0.3) is 11.6 Å². The van der Waals surface area contributed by atoms with E-state index in [2.05, 4.69) is 5.32 Å². The molecule has 0 aliphatic heterocycles. The minimum absolute atomic E-state index is 0.0729. The van der Waals surface area contributed by atoms with E-state index in [1.165, 1.54) is 36.4 Å². The fourth-order valence-electron chi connectivity index (χ4n) is 3.48. The summed E-state index contributed by atoms with van der Waals surface area (Å²) in [5.41, 5.74) is 1.69. The molecule has 4 aromatic carbocycles. The zero-order valence-corrected chi connectivity index (χ0v) is 18.3. The molecule has 1 amide bonds. The van der Waals surface area contributed by atoms with E-state index in [0.717, 1.165) is 22.9 Å². The summed E-state index contributed by atoms with van der Waals surface area (Å²) in [6.45, 7) is 0. The summed E-state index contributed by atoms with van der Waals surface area (Å²) >= 11 is 0. The number of nitrogens with one attached hydrogen (secondary N) is 1. The highest BCUT2D eigenvalue weighted by Gasteiger charge is 2.17. The van der Waals surface area contributed by atoms with Gasteiger partial charge in [-0.15, -0.1) is 3.89 Å². The fourth-order valence-corrected chi connectivity index (χ4v) is 3.95. The topological polar surface area (TPSA) is 106 Å². The first-order chi connectivity index (χ1) is 16.2. The Morgan fingerprint density at radius 2 is 1.53 bits per heavy atom. The molecular weight excluding hydrogens is 459 g/mol. The number of fused-ring (bicyclic) bond motifs is 1. The molecule has 0 radical (unpaired) electrons. The van der Waals surface area contributed by atoms with E-state index in [1.54, 1.807) is 12.1 Å². The number of benzene rings is 4. The SMILES string of the molecule is O=C(Nc1ccc(S(=O)(=O)F)cc1)C(=Cc1ccc([N+](=O)[O-])cc1)c1cccc2ccccc12. The average Bonchev–Trinajstić information content (AvgIpc) is 2.82. The van der Waals surface area contributed by atoms with Crippen molar-refractivity contribution < 1.29 is 22.0 Å². The zero-order chi connectivity index (χ0) is 24.3. The molecule has 9 heteroatoms. The van der Waals surface area contributed by atoms with Gasteiger partial charge in [0.15, 0.2) is 0 Å². The molecule has 170 valence electrons. The number of nitro groups is 1. The van der Waals surface area contributed by atoms with Gasteiger partial charge in [0, 0.05) is 23.4 Å². The molecule has 0 saturated carbocycles. The third kappa shape index (κ3) is 5.00. The predicted molar refractivity (Wildman–Crippen MR) is 128 cm³/mol. The number of rotatable bonds is 6. The molecule has 0 bridgehead atoms. The Bertz CT molecular complexity index is 1520. The quantitative estimate of drug-likeness (QED) is 0.128. The van der Waals surface area contributed by atoms with Crippen LogP contribution in [-0.4, -0.2) is 19.2 Å². The molecule has 34 heavy (non-hydrogen) atoms. The molecule has 0 atom stereocenters. The predicted octanol–water partition coefficient (Wildman–Crippen LogP) is 5.59. The maximum Gasteiger partial charge on any atom is 0.332 e. The summed E-state index contributed by atoms with van der Waals surface area (Å²) in [6, 6.07) is 23.5.